The van der Waals surface area contributed by atoms with E-state index in [1.807, 2.05) is 0 Å². The molecule has 54 valence electrons. The summed E-state index contributed by atoms with van der Waals surface area (Å²) >= 11 is 0. The summed E-state index contributed by atoms with van der Waals surface area (Å²) in [7, 11) is 0.843. The highest BCUT2D eigenvalue weighted by Crippen LogP contribution is 2.07. The molecule has 0 rings (SSSR count). The minimum Gasteiger partial charge on any atom is -0.421 e. The molecule has 0 amide bonds. The lowest BCUT2D eigenvalue weighted by molar-refractivity contribution is 0.255. The van der Waals surface area contributed by atoms with Crippen molar-refractivity contribution in [3.63, 3.8) is 0 Å². The topological polar surface area (TPSA) is 9.23 Å². The van der Waals surface area contributed by atoms with E-state index in [1.165, 1.54) is 5.57 Å². The molecule has 0 aliphatic heterocycles. The third kappa shape index (κ3) is 2.82. The van der Waals surface area contributed by atoms with Gasteiger partial charge in [-0.05, 0) is 20.3 Å². The number of allylic oxidation sites excluding steroid dienone is 1. The second-order valence-electron chi connectivity index (χ2n) is 2.17. The second-order valence-corrected chi connectivity index (χ2v) is 2.64. The zero-order chi connectivity index (χ0) is 7.28. The van der Waals surface area contributed by atoms with Crippen LogP contribution in [0.15, 0.2) is 11.6 Å². The first-order valence-corrected chi connectivity index (χ1v) is 4.23. The molecule has 0 aromatic heterocycles. The predicted octanol–water partition coefficient (Wildman–Crippen LogP) is 1.03. The summed E-state index contributed by atoms with van der Waals surface area (Å²) in [4.78, 5) is 0. The smallest absolute Gasteiger partial charge is 0.146 e. The molecule has 0 bridgehead atoms. The van der Waals surface area contributed by atoms with Gasteiger partial charge in [-0.15, -0.1) is 0 Å². The third-order valence-electron chi connectivity index (χ3n) is 1.62. The van der Waals surface area contributed by atoms with Gasteiger partial charge < -0.3 is 4.43 Å². The normalized spacial score (nSPS) is 16.1. The Bertz CT molecular complexity index is 95.1. The summed E-state index contributed by atoms with van der Waals surface area (Å²) in [6, 6.07) is 0. The lowest BCUT2D eigenvalue weighted by Gasteiger charge is -2.13. The quantitative estimate of drug-likeness (QED) is 0.424. The van der Waals surface area contributed by atoms with Gasteiger partial charge in [0.25, 0.3) is 0 Å². The van der Waals surface area contributed by atoms with E-state index in [-0.39, 0.29) is 0 Å². The third-order valence-corrected chi connectivity index (χ3v) is 2.19. The van der Waals surface area contributed by atoms with Gasteiger partial charge >= 0.3 is 0 Å². The Kier molecular flexibility index (Phi) is 4.72. The van der Waals surface area contributed by atoms with Crippen LogP contribution < -0.4 is 0 Å². The molecular weight excluding hydrogens is 128 g/mol. The molecule has 1 atom stereocenters. The van der Waals surface area contributed by atoms with Crippen molar-refractivity contribution in [2.24, 2.45) is 0 Å². The van der Waals surface area contributed by atoms with E-state index in [9.17, 15) is 0 Å². The molecule has 0 saturated heterocycles. The molecule has 0 aliphatic carbocycles. The zero-order valence-corrected chi connectivity index (χ0v) is 8.77. The van der Waals surface area contributed by atoms with Crippen LogP contribution in [-0.4, -0.2) is 16.6 Å². The first-order valence-electron chi connectivity index (χ1n) is 3.41. The van der Waals surface area contributed by atoms with Gasteiger partial charge in [0.1, 0.15) is 10.5 Å². The molecule has 1 unspecified atom stereocenters. The van der Waals surface area contributed by atoms with Gasteiger partial charge in [0, 0.05) is 0 Å². The Balaban J connectivity index is 3.79. The van der Waals surface area contributed by atoms with E-state index in [0.717, 1.165) is 16.9 Å². The van der Waals surface area contributed by atoms with E-state index in [1.54, 1.807) is 0 Å². The van der Waals surface area contributed by atoms with Crippen molar-refractivity contribution in [2.75, 3.05) is 0 Å². The standard InChI is InChI=1S/C7H16OSi/c1-4-6(3)7(5-2)8-9/h4,7H,5H2,1-3,9H3. The van der Waals surface area contributed by atoms with Gasteiger partial charge in [-0.25, -0.2) is 0 Å². The average molecular weight is 144 g/mol. The van der Waals surface area contributed by atoms with Crippen LogP contribution >= 0.6 is 0 Å². The molecule has 0 radical (unpaired) electrons. The molecule has 0 aromatic carbocycles. The van der Waals surface area contributed by atoms with Gasteiger partial charge in [-0.2, -0.15) is 0 Å². The van der Waals surface area contributed by atoms with Crippen molar-refractivity contribution in [2.45, 2.75) is 33.3 Å². The lowest BCUT2D eigenvalue weighted by Crippen LogP contribution is -2.10. The van der Waals surface area contributed by atoms with Crippen molar-refractivity contribution in [1.29, 1.82) is 0 Å². The van der Waals surface area contributed by atoms with Crippen molar-refractivity contribution >= 4 is 10.5 Å². The largest absolute Gasteiger partial charge is 0.421 e. The fourth-order valence-corrected chi connectivity index (χ4v) is 1.57. The predicted molar refractivity (Wildman–Crippen MR) is 44.5 cm³/mol. The van der Waals surface area contributed by atoms with Crippen LogP contribution in [0.4, 0.5) is 0 Å². The summed E-state index contributed by atoms with van der Waals surface area (Å²) < 4.78 is 5.32. The highest BCUT2D eigenvalue weighted by atomic mass is 28.2. The van der Waals surface area contributed by atoms with Crippen LogP contribution in [-0.2, 0) is 4.43 Å². The van der Waals surface area contributed by atoms with Crippen LogP contribution in [0.2, 0.25) is 0 Å². The molecule has 9 heavy (non-hydrogen) atoms. The number of hydrogen-bond acceptors (Lipinski definition) is 1. The van der Waals surface area contributed by atoms with E-state index >= 15 is 0 Å². The summed E-state index contributed by atoms with van der Waals surface area (Å²) in [5, 5.41) is 0. The van der Waals surface area contributed by atoms with Crippen LogP contribution in [0.1, 0.15) is 27.2 Å². The molecule has 2 heteroatoms. The maximum Gasteiger partial charge on any atom is 0.146 e. The van der Waals surface area contributed by atoms with Gasteiger partial charge in [0.2, 0.25) is 0 Å². The Morgan fingerprint density at radius 1 is 1.78 bits per heavy atom. The highest BCUT2D eigenvalue weighted by Gasteiger charge is 2.02. The van der Waals surface area contributed by atoms with Crippen LogP contribution in [0.5, 0.6) is 0 Å². The minimum atomic E-state index is 0.390. The Morgan fingerprint density at radius 3 is 2.44 bits per heavy atom. The SMILES string of the molecule is CC=C(C)C(CC)O[SiH3]. The minimum absolute atomic E-state index is 0.390. The van der Waals surface area contributed by atoms with E-state index in [4.69, 9.17) is 4.43 Å². The summed E-state index contributed by atoms with van der Waals surface area (Å²) in [5.74, 6) is 0. The number of hydrogen-bond donors (Lipinski definition) is 0. The molecule has 0 spiro atoms. The van der Waals surface area contributed by atoms with Gasteiger partial charge in [-0.1, -0.05) is 18.6 Å². The first-order chi connectivity index (χ1) is 4.26. The Hall–Kier alpha value is -0.0831. The Morgan fingerprint density at radius 2 is 2.33 bits per heavy atom. The maximum atomic E-state index is 5.32. The number of rotatable bonds is 3. The first kappa shape index (κ1) is 8.92. The van der Waals surface area contributed by atoms with E-state index in [2.05, 4.69) is 26.8 Å². The van der Waals surface area contributed by atoms with E-state index < -0.39 is 0 Å². The van der Waals surface area contributed by atoms with Crippen molar-refractivity contribution in [3.8, 4) is 0 Å². The van der Waals surface area contributed by atoms with Crippen molar-refractivity contribution < 1.29 is 4.43 Å². The van der Waals surface area contributed by atoms with Crippen LogP contribution in [0, 0.1) is 0 Å². The van der Waals surface area contributed by atoms with Gasteiger partial charge in [0.05, 0.1) is 6.10 Å². The molecule has 0 fully saturated rings. The highest BCUT2D eigenvalue weighted by molar-refractivity contribution is 5.98. The van der Waals surface area contributed by atoms with E-state index in [0.29, 0.717) is 6.10 Å². The Labute approximate surface area is 60.6 Å². The average Bonchev–Trinajstić information content (AvgIpc) is 1.90. The molecule has 0 heterocycles. The molecule has 0 saturated carbocycles. The lowest BCUT2D eigenvalue weighted by atomic mass is 10.1. The molecule has 0 aliphatic rings. The fourth-order valence-electron chi connectivity index (χ4n) is 0.860. The zero-order valence-electron chi connectivity index (χ0n) is 6.77. The second kappa shape index (κ2) is 4.76. The molecule has 0 aromatic rings. The van der Waals surface area contributed by atoms with Crippen molar-refractivity contribution in [1.82, 2.24) is 0 Å². The maximum absolute atomic E-state index is 5.32. The summed E-state index contributed by atoms with van der Waals surface area (Å²) in [6.07, 6.45) is 3.60. The van der Waals surface area contributed by atoms with Gasteiger partial charge in [0.15, 0.2) is 0 Å². The monoisotopic (exact) mass is 144 g/mol. The van der Waals surface area contributed by atoms with Gasteiger partial charge in [-0.3, -0.25) is 0 Å². The summed E-state index contributed by atoms with van der Waals surface area (Å²) in [6.45, 7) is 6.32. The van der Waals surface area contributed by atoms with Crippen LogP contribution in [0.25, 0.3) is 0 Å². The van der Waals surface area contributed by atoms with Crippen molar-refractivity contribution in [3.05, 3.63) is 11.6 Å². The molecule has 0 N–H and O–H groups in total. The fraction of sp³-hybridized carbons (Fsp3) is 0.714. The molecule has 1 nitrogen and oxygen atoms in total. The van der Waals surface area contributed by atoms with Crippen LogP contribution in [0.3, 0.4) is 0 Å². The molecular formula is C7H16OSi. The summed E-state index contributed by atoms with van der Waals surface area (Å²) in [5.41, 5.74) is 1.35.